The molecule has 0 amide bonds. The summed E-state index contributed by atoms with van der Waals surface area (Å²) < 4.78 is 0. The van der Waals surface area contributed by atoms with Crippen LogP contribution in [0, 0.1) is 11.3 Å². The molecule has 0 aliphatic carbocycles. The van der Waals surface area contributed by atoms with Crippen molar-refractivity contribution in [1.29, 1.82) is 5.26 Å². The van der Waals surface area contributed by atoms with Gasteiger partial charge >= 0.3 is 0 Å². The topological polar surface area (TPSA) is 87.1 Å². The molecule has 0 fully saturated rings. The van der Waals surface area contributed by atoms with Gasteiger partial charge in [-0.1, -0.05) is 24.3 Å². The van der Waals surface area contributed by atoms with Gasteiger partial charge in [0.15, 0.2) is 5.72 Å². The van der Waals surface area contributed by atoms with Crippen LogP contribution in [0.4, 0.5) is 0 Å². The summed E-state index contributed by atoms with van der Waals surface area (Å²) in [6.45, 7) is 0. The van der Waals surface area contributed by atoms with E-state index in [0.29, 0.717) is 11.8 Å². The predicted molar refractivity (Wildman–Crippen MR) is 50.1 cm³/mol. The Bertz CT molecular complexity index is 380. The van der Waals surface area contributed by atoms with Gasteiger partial charge in [0.1, 0.15) is 6.29 Å². The molecule has 0 aliphatic rings. The highest BCUT2D eigenvalue weighted by Crippen LogP contribution is 2.21. The number of nitrogens with two attached hydrogens (primary N) is 1. The lowest BCUT2D eigenvalue weighted by Gasteiger charge is -2.21. The molecule has 1 rings (SSSR count). The summed E-state index contributed by atoms with van der Waals surface area (Å²) in [6.07, 6.45) is 0.350. The molecule has 1 aromatic carbocycles. The van der Waals surface area contributed by atoms with Crippen LogP contribution in [-0.4, -0.2) is 11.4 Å². The fraction of sp³-hybridized carbons (Fsp3) is 0.200. The van der Waals surface area contributed by atoms with Crippen LogP contribution in [0.25, 0.3) is 0 Å². The zero-order chi connectivity index (χ0) is 10.6. The minimum atomic E-state index is -1.76. The molecule has 0 radical (unpaired) electrons. The second-order valence-corrected chi connectivity index (χ2v) is 2.96. The molecule has 1 aromatic rings. The summed E-state index contributed by atoms with van der Waals surface area (Å²) in [5.74, 6) is 0. The van der Waals surface area contributed by atoms with E-state index >= 15 is 0 Å². The number of rotatable bonds is 3. The van der Waals surface area contributed by atoms with Crippen molar-refractivity contribution in [3.8, 4) is 6.07 Å². The van der Waals surface area contributed by atoms with Crippen LogP contribution in [-0.2, 0) is 5.72 Å². The molecule has 0 aromatic heterocycles. The van der Waals surface area contributed by atoms with Crippen molar-refractivity contribution < 1.29 is 9.90 Å². The minimum absolute atomic E-state index is 0.252. The van der Waals surface area contributed by atoms with Crippen LogP contribution in [0.5, 0.6) is 0 Å². The molecule has 0 bridgehead atoms. The van der Waals surface area contributed by atoms with E-state index in [4.69, 9.17) is 11.0 Å². The fourth-order valence-corrected chi connectivity index (χ4v) is 1.21. The number of nitriles is 1. The largest absolute Gasteiger partial charge is 0.371 e. The van der Waals surface area contributed by atoms with E-state index in [1.165, 1.54) is 12.1 Å². The zero-order valence-corrected chi connectivity index (χ0v) is 7.47. The standard InChI is InChI=1S/C10H10N2O2/c11-6-5-10(12,14)9-4-2-1-3-8(9)7-13/h1-4,7,14H,5,12H2. The second-order valence-electron chi connectivity index (χ2n) is 2.96. The van der Waals surface area contributed by atoms with Gasteiger partial charge in [0.05, 0.1) is 12.5 Å². The predicted octanol–water partition coefficient (Wildman–Crippen LogP) is 0.517. The zero-order valence-electron chi connectivity index (χ0n) is 7.47. The number of nitrogens with zero attached hydrogens (tertiary/aromatic N) is 1. The molecule has 1 atom stereocenters. The van der Waals surface area contributed by atoms with Crippen LogP contribution in [0.1, 0.15) is 22.3 Å². The number of hydrogen-bond acceptors (Lipinski definition) is 4. The molecule has 0 heterocycles. The Balaban J connectivity index is 3.18. The van der Waals surface area contributed by atoms with Crippen LogP contribution < -0.4 is 5.73 Å². The molecular formula is C10H10N2O2. The first-order chi connectivity index (χ1) is 6.61. The maximum atomic E-state index is 10.6. The third kappa shape index (κ3) is 1.96. The summed E-state index contributed by atoms with van der Waals surface area (Å²) >= 11 is 0. The van der Waals surface area contributed by atoms with Crippen molar-refractivity contribution in [2.24, 2.45) is 5.73 Å². The third-order valence-corrected chi connectivity index (χ3v) is 1.90. The molecule has 14 heavy (non-hydrogen) atoms. The lowest BCUT2D eigenvalue weighted by atomic mass is 9.96. The van der Waals surface area contributed by atoms with Gasteiger partial charge in [0, 0.05) is 11.1 Å². The Morgan fingerprint density at radius 3 is 2.79 bits per heavy atom. The fourth-order valence-electron chi connectivity index (χ4n) is 1.21. The first-order valence-corrected chi connectivity index (χ1v) is 4.04. The molecule has 0 aliphatic heterocycles. The van der Waals surface area contributed by atoms with Gasteiger partial charge in [0.25, 0.3) is 0 Å². The Hall–Kier alpha value is -1.70. The van der Waals surface area contributed by atoms with E-state index in [-0.39, 0.29) is 12.0 Å². The summed E-state index contributed by atoms with van der Waals surface area (Å²) in [5.41, 5.74) is 4.31. The van der Waals surface area contributed by atoms with Crippen LogP contribution >= 0.6 is 0 Å². The highest BCUT2D eigenvalue weighted by molar-refractivity contribution is 5.77. The van der Waals surface area contributed by atoms with Crippen molar-refractivity contribution >= 4 is 6.29 Å². The highest BCUT2D eigenvalue weighted by Gasteiger charge is 2.25. The molecule has 4 heteroatoms. The summed E-state index contributed by atoms with van der Waals surface area (Å²) in [6, 6.07) is 8.15. The maximum absolute atomic E-state index is 10.6. The second kappa shape index (κ2) is 4.01. The van der Waals surface area contributed by atoms with E-state index in [0.717, 1.165) is 0 Å². The average molecular weight is 190 g/mol. The van der Waals surface area contributed by atoms with E-state index in [1.807, 2.05) is 0 Å². The average Bonchev–Trinajstić information content (AvgIpc) is 2.18. The number of benzene rings is 1. The smallest absolute Gasteiger partial charge is 0.153 e. The van der Waals surface area contributed by atoms with Crippen molar-refractivity contribution in [1.82, 2.24) is 0 Å². The Labute approximate surface area is 81.6 Å². The number of aliphatic hydroxyl groups is 1. The molecule has 0 spiro atoms. The van der Waals surface area contributed by atoms with Gasteiger partial charge in [0.2, 0.25) is 0 Å². The Morgan fingerprint density at radius 1 is 1.57 bits per heavy atom. The SMILES string of the molecule is N#CCC(N)(O)c1ccccc1C=O. The maximum Gasteiger partial charge on any atom is 0.153 e. The van der Waals surface area contributed by atoms with Gasteiger partial charge in [-0.2, -0.15) is 5.26 Å². The van der Waals surface area contributed by atoms with E-state index in [9.17, 15) is 9.90 Å². The Morgan fingerprint density at radius 2 is 2.21 bits per heavy atom. The van der Waals surface area contributed by atoms with Crippen molar-refractivity contribution in [3.63, 3.8) is 0 Å². The number of carbonyl (C=O) groups excluding carboxylic acids is 1. The molecule has 0 saturated carbocycles. The van der Waals surface area contributed by atoms with Gasteiger partial charge in [-0.25, -0.2) is 0 Å². The highest BCUT2D eigenvalue weighted by atomic mass is 16.3. The van der Waals surface area contributed by atoms with Crippen molar-refractivity contribution in [2.75, 3.05) is 0 Å². The van der Waals surface area contributed by atoms with Crippen LogP contribution in [0.2, 0.25) is 0 Å². The van der Waals surface area contributed by atoms with Crippen molar-refractivity contribution in [3.05, 3.63) is 35.4 Å². The van der Waals surface area contributed by atoms with Crippen LogP contribution in [0.3, 0.4) is 0 Å². The van der Waals surface area contributed by atoms with Gasteiger partial charge in [-0.15, -0.1) is 0 Å². The third-order valence-electron chi connectivity index (χ3n) is 1.90. The lowest BCUT2D eigenvalue weighted by molar-refractivity contribution is 0.0477. The summed E-state index contributed by atoms with van der Waals surface area (Å²) in [5, 5.41) is 18.1. The normalized spacial score (nSPS) is 14.1. The first-order valence-electron chi connectivity index (χ1n) is 4.04. The summed E-state index contributed by atoms with van der Waals surface area (Å²) in [4.78, 5) is 10.6. The minimum Gasteiger partial charge on any atom is -0.371 e. The van der Waals surface area contributed by atoms with Gasteiger partial charge in [-0.3, -0.25) is 10.5 Å². The number of carbonyl (C=O) groups is 1. The molecule has 72 valence electrons. The first kappa shape index (κ1) is 10.4. The quantitative estimate of drug-likeness (QED) is 0.537. The van der Waals surface area contributed by atoms with E-state index in [2.05, 4.69) is 0 Å². The molecular weight excluding hydrogens is 180 g/mol. The molecule has 4 nitrogen and oxygen atoms in total. The van der Waals surface area contributed by atoms with Crippen molar-refractivity contribution in [2.45, 2.75) is 12.1 Å². The van der Waals surface area contributed by atoms with E-state index in [1.54, 1.807) is 18.2 Å². The molecule has 3 N–H and O–H groups in total. The van der Waals surface area contributed by atoms with Gasteiger partial charge in [-0.05, 0) is 0 Å². The van der Waals surface area contributed by atoms with E-state index < -0.39 is 5.72 Å². The summed E-state index contributed by atoms with van der Waals surface area (Å²) in [7, 11) is 0. The monoisotopic (exact) mass is 190 g/mol. The number of aldehydes is 1. The number of hydrogen-bond donors (Lipinski definition) is 2. The molecule has 1 unspecified atom stereocenters. The molecule has 0 saturated heterocycles. The Kier molecular flexibility index (Phi) is 2.97. The lowest BCUT2D eigenvalue weighted by Crippen LogP contribution is -2.36. The van der Waals surface area contributed by atoms with Crippen LogP contribution in [0.15, 0.2) is 24.3 Å². The van der Waals surface area contributed by atoms with Gasteiger partial charge < -0.3 is 5.11 Å².